The molecule has 29 heavy (non-hydrogen) atoms. The van der Waals surface area contributed by atoms with Crippen LogP contribution in [0.2, 0.25) is 0 Å². The first kappa shape index (κ1) is 22.4. The lowest BCUT2D eigenvalue weighted by atomic mass is 9.90. The molecule has 0 radical (unpaired) electrons. The van der Waals surface area contributed by atoms with Crippen molar-refractivity contribution in [2.45, 2.75) is 32.7 Å². The van der Waals surface area contributed by atoms with E-state index in [1.54, 1.807) is 12.1 Å². The van der Waals surface area contributed by atoms with E-state index in [0.29, 0.717) is 31.2 Å². The van der Waals surface area contributed by atoms with E-state index in [2.05, 4.69) is 24.5 Å². The molecule has 0 saturated carbocycles. The number of hydrogen-bond acceptors (Lipinski definition) is 5. The number of benzene rings is 1. The van der Waals surface area contributed by atoms with Crippen LogP contribution in [-0.2, 0) is 19.9 Å². The maximum Gasteiger partial charge on any atom is 0.325 e. The molecular weight excluding hydrogens is 376 g/mol. The van der Waals surface area contributed by atoms with Crippen LogP contribution in [0.25, 0.3) is 0 Å². The Morgan fingerprint density at radius 2 is 2.00 bits per heavy atom. The summed E-state index contributed by atoms with van der Waals surface area (Å²) in [5.74, 6) is -1.13. The Bertz CT molecular complexity index is 795. The number of carbonyl (C=O) groups is 4. The zero-order chi connectivity index (χ0) is 21.6. The number of nitrogens with one attached hydrogen (secondary N) is 2. The third-order valence-electron chi connectivity index (χ3n) is 4.71. The second kappa shape index (κ2) is 9.51. The summed E-state index contributed by atoms with van der Waals surface area (Å²) in [6, 6.07) is 5.49. The second-order valence-electron chi connectivity index (χ2n) is 7.54. The summed E-state index contributed by atoms with van der Waals surface area (Å²) in [7, 11) is 0. The number of nitrogens with zero attached hydrogens (tertiary/aromatic N) is 1. The monoisotopic (exact) mass is 404 g/mol. The van der Waals surface area contributed by atoms with Crippen LogP contribution in [0.15, 0.2) is 24.3 Å². The van der Waals surface area contributed by atoms with Crippen LogP contribution in [0.4, 0.5) is 4.79 Å². The van der Waals surface area contributed by atoms with Crippen LogP contribution in [0, 0.1) is 5.92 Å². The van der Waals surface area contributed by atoms with Gasteiger partial charge in [-0.2, -0.15) is 0 Å². The summed E-state index contributed by atoms with van der Waals surface area (Å²) in [5, 5.41) is 5.22. The number of nitrogens with two attached hydrogens (primary N) is 1. The van der Waals surface area contributed by atoms with Crippen LogP contribution in [0.5, 0.6) is 0 Å². The van der Waals surface area contributed by atoms with E-state index < -0.39 is 35.8 Å². The molecule has 1 unspecified atom stereocenters. The highest BCUT2D eigenvalue weighted by Crippen LogP contribution is 2.29. The van der Waals surface area contributed by atoms with Crippen LogP contribution >= 0.6 is 0 Å². The normalized spacial score (nSPS) is 18.8. The zero-order valence-corrected chi connectivity index (χ0v) is 17.0. The van der Waals surface area contributed by atoms with Gasteiger partial charge in [-0.3, -0.25) is 19.3 Å². The first-order valence-electron chi connectivity index (χ1n) is 9.54. The average molecular weight is 404 g/mol. The second-order valence-corrected chi connectivity index (χ2v) is 7.54. The van der Waals surface area contributed by atoms with Gasteiger partial charge in [0, 0.05) is 18.7 Å². The highest BCUT2D eigenvalue weighted by Gasteiger charge is 2.49. The highest BCUT2D eigenvalue weighted by molar-refractivity contribution is 6.09. The van der Waals surface area contributed by atoms with Crippen LogP contribution in [-0.4, -0.2) is 55.0 Å². The minimum Gasteiger partial charge on any atom is -0.380 e. The number of amides is 5. The van der Waals surface area contributed by atoms with Gasteiger partial charge in [0.2, 0.25) is 11.8 Å². The van der Waals surface area contributed by atoms with E-state index in [-0.39, 0.29) is 5.56 Å². The standard InChI is InChI=1S/C20H28N4O5/c1-13(2)7-9-29-10-8-22-16(25)12-24-18(27)20(3,23-19(24)28)15-6-4-5-14(11-15)17(21)26/h4-6,11,13H,7-10,12H2,1-3H3,(H2,21,26)(H,22,25)(H,23,28). The van der Waals surface area contributed by atoms with Gasteiger partial charge in [0.05, 0.1) is 6.61 Å². The Morgan fingerprint density at radius 3 is 2.66 bits per heavy atom. The lowest BCUT2D eigenvalue weighted by Gasteiger charge is -2.22. The summed E-state index contributed by atoms with van der Waals surface area (Å²) in [4.78, 5) is 49.5. The van der Waals surface area contributed by atoms with Gasteiger partial charge in [0.1, 0.15) is 12.1 Å². The van der Waals surface area contributed by atoms with Crippen molar-refractivity contribution in [3.8, 4) is 0 Å². The Hall–Kier alpha value is -2.94. The van der Waals surface area contributed by atoms with Crippen LogP contribution in [0.3, 0.4) is 0 Å². The summed E-state index contributed by atoms with van der Waals surface area (Å²) < 4.78 is 5.42. The van der Waals surface area contributed by atoms with Crippen molar-refractivity contribution >= 4 is 23.8 Å². The van der Waals surface area contributed by atoms with Crippen molar-refractivity contribution < 1.29 is 23.9 Å². The van der Waals surface area contributed by atoms with Gasteiger partial charge in [-0.15, -0.1) is 0 Å². The largest absolute Gasteiger partial charge is 0.380 e. The Kier molecular flexibility index (Phi) is 7.33. The topological polar surface area (TPSA) is 131 Å². The maximum absolute atomic E-state index is 12.9. The van der Waals surface area contributed by atoms with Crippen molar-refractivity contribution in [2.24, 2.45) is 11.7 Å². The maximum atomic E-state index is 12.9. The molecule has 1 fully saturated rings. The molecule has 1 heterocycles. The number of urea groups is 1. The number of rotatable bonds is 10. The minimum atomic E-state index is -1.39. The summed E-state index contributed by atoms with van der Waals surface area (Å²) in [6.07, 6.45) is 0.936. The first-order chi connectivity index (χ1) is 13.6. The van der Waals surface area contributed by atoms with Gasteiger partial charge in [0.25, 0.3) is 5.91 Å². The molecule has 1 aliphatic heterocycles. The summed E-state index contributed by atoms with van der Waals surface area (Å²) in [6.45, 7) is 6.58. The van der Waals surface area contributed by atoms with E-state index in [4.69, 9.17) is 10.5 Å². The molecule has 0 bridgehead atoms. The predicted octanol–water partition coefficient (Wildman–Crippen LogP) is 0.731. The molecule has 158 valence electrons. The number of primary amides is 1. The zero-order valence-electron chi connectivity index (χ0n) is 17.0. The molecule has 1 saturated heterocycles. The molecule has 9 nitrogen and oxygen atoms in total. The van der Waals surface area contributed by atoms with Crippen LogP contribution < -0.4 is 16.4 Å². The van der Waals surface area contributed by atoms with Crippen molar-refractivity contribution in [2.75, 3.05) is 26.3 Å². The quantitative estimate of drug-likeness (QED) is 0.391. The van der Waals surface area contributed by atoms with Gasteiger partial charge in [-0.25, -0.2) is 4.79 Å². The average Bonchev–Trinajstić information content (AvgIpc) is 2.88. The molecule has 1 aromatic carbocycles. The molecule has 1 aromatic rings. The molecule has 1 atom stereocenters. The fourth-order valence-electron chi connectivity index (χ4n) is 2.90. The molecular formula is C20H28N4O5. The third kappa shape index (κ3) is 5.54. The predicted molar refractivity (Wildman–Crippen MR) is 106 cm³/mol. The summed E-state index contributed by atoms with van der Waals surface area (Å²) >= 11 is 0. The van der Waals surface area contributed by atoms with Crippen molar-refractivity contribution in [3.05, 3.63) is 35.4 Å². The van der Waals surface area contributed by atoms with Gasteiger partial charge in [-0.1, -0.05) is 26.0 Å². The molecule has 4 N–H and O–H groups in total. The Balaban J connectivity index is 1.94. The molecule has 1 aliphatic rings. The number of carbonyl (C=O) groups excluding carboxylic acids is 4. The van der Waals surface area contributed by atoms with Crippen molar-refractivity contribution in [1.29, 1.82) is 0 Å². The number of ether oxygens (including phenoxy) is 1. The highest BCUT2D eigenvalue weighted by atomic mass is 16.5. The van der Waals surface area contributed by atoms with E-state index in [1.165, 1.54) is 19.1 Å². The van der Waals surface area contributed by atoms with E-state index in [9.17, 15) is 19.2 Å². The van der Waals surface area contributed by atoms with Crippen molar-refractivity contribution in [1.82, 2.24) is 15.5 Å². The fraction of sp³-hybridized carbons (Fsp3) is 0.500. The van der Waals surface area contributed by atoms with Gasteiger partial charge in [0.15, 0.2) is 0 Å². The lowest BCUT2D eigenvalue weighted by Crippen LogP contribution is -2.43. The number of hydrogen-bond donors (Lipinski definition) is 3. The van der Waals surface area contributed by atoms with Gasteiger partial charge in [-0.05, 0) is 37.0 Å². The third-order valence-corrected chi connectivity index (χ3v) is 4.71. The summed E-state index contributed by atoms with van der Waals surface area (Å²) in [5.41, 5.74) is 4.53. The van der Waals surface area contributed by atoms with Gasteiger partial charge < -0.3 is 21.1 Å². The van der Waals surface area contributed by atoms with Crippen molar-refractivity contribution in [3.63, 3.8) is 0 Å². The van der Waals surface area contributed by atoms with Crippen LogP contribution in [0.1, 0.15) is 43.1 Å². The molecule has 0 aromatic heterocycles. The first-order valence-corrected chi connectivity index (χ1v) is 9.54. The van der Waals surface area contributed by atoms with E-state index in [0.717, 1.165) is 11.3 Å². The van der Waals surface area contributed by atoms with Gasteiger partial charge >= 0.3 is 6.03 Å². The molecule has 5 amide bonds. The number of imide groups is 1. The fourth-order valence-corrected chi connectivity index (χ4v) is 2.90. The molecule has 0 aliphatic carbocycles. The smallest absolute Gasteiger partial charge is 0.325 e. The van der Waals surface area contributed by atoms with E-state index >= 15 is 0 Å². The molecule has 0 spiro atoms. The van der Waals surface area contributed by atoms with E-state index in [1.807, 2.05) is 0 Å². The molecule has 2 rings (SSSR count). The minimum absolute atomic E-state index is 0.222. The Labute approximate surface area is 169 Å². The molecule has 9 heteroatoms. The lowest BCUT2D eigenvalue weighted by molar-refractivity contribution is -0.134. The Morgan fingerprint density at radius 1 is 1.28 bits per heavy atom. The SMILES string of the molecule is CC(C)CCOCCNC(=O)CN1C(=O)NC(C)(c2cccc(C(N)=O)c2)C1=O.